The average Bonchev–Trinajstić information content (AvgIpc) is 2.46. The van der Waals surface area contributed by atoms with Gasteiger partial charge in [0.1, 0.15) is 0 Å². The number of hydrogen-bond donors (Lipinski definition) is 1. The molecule has 0 aromatic heterocycles. The number of hydrogen-bond acceptors (Lipinski definition) is 4. The van der Waals surface area contributed by atoms with Gasteiger partial charge < -0.3 is 9.84 Å². The minimum atomic E-state index is -0.995. The molecule has 20 heavy (non-hydrogen) atoms. The molecule has 0 aliphatic carbocycles. The Morgan fingerprint density at radius 2 is 2.00 bits per heavy atom. The van der Waals surface area contributed by atoms with Gasteiger partial charge in [0.25, 0.3) is 0 Å². The van der Waals surface area contributed by atoms with Crippen LogP contribution in [0.3, 0.4) is 0 Å². The largest absolute Gasteiger partial charge is 0.478 e. The van der Waals surface area contributed by atoms with Crippen molar-refractivity contribution in [3.63, 3.8) is 0 Å². The maximum atomic E-state index is 12.1. The van der Waals surface area contributed by atoms with Gasteiger partial charge in [-0.3, -0.25) is 9.69 Å². The number of carbonyl (C=O) groups is 2. The molecule has 2 rings (SSSR count). The Hall–Kier alpha value is -1.72. The van der Waals surface area contributed by atoms with Crippen LogP contribution >= 0.6 is 0 Å². The van der Waals surface area contributed by atoms with Gasteiger partial charge in [0.05, 0.1) is 18.8 Å². The standard InChI is InChI=1S/C15H19NO4/c1-11-2-3-12(10-13(11)15(18)19)14(17)4-5-16-6-8-20-9-7-16/h2-3,10H,4-9H2,1H3,(H,18,19). The van der Waals surface area contributed by atoms with Crippen molar-refractivity contribution in [2.45, 2.75) is 13.3 Å². The molecule has 0 radical (unpaired) electrons. The molecule has 108 valence electrons. The molecule has 1 aromatic carbocycles. The Morgan fingerprint density at radius 3 is 2.65 bits per heavy atom. The zero-order chi connectivity index (χ0) is 14.5. The zero-order valence-electron chi connectivity index (χ0n) is 11.6. The van der Waals surface area contributed by atoms with E-state index in [1.807, 2.05) is 0 Å². The number of carbonyl (C=O) groups excluding carboxylic acids is 1. The summed E-state index contributed by atoms with van der Waals surface area (Å²) >= 11 is 0. The first kappa shape index (κ1) is 14.7. The molecule has 1 heterocycles. The SMILES string of the molecule is Cc1ccc(C(=O)CCN2CCOCC2)cc1C(=O)O. The van der Waals surface area contributed by atoms with Gasteiger partial charge in [0.2, 0.25) is 0 Å². The molecule has 1 saturated heterocycles. The quantitative estimate of drug-likeness (QED) is 0.828. The molecule has 1 aliphatic heterocycles. The maximum absolute atomic E-state index is 12.1. The van der Waals surface area contributed by atoms with Gasteiger partial charge in [-0.1, -0.05) is 12.1 Å². The van der Waals surface area contributed by atoms with Crippen molar-refractivity contribution in [1.29, 1.82) is 0 Å². The number of aryl methyl sites for hydroxylation is 1. The number of benzene rings is 1. The summed E-state index contributed by atoms with van der Waals surface area (Å²) in [5.74, 6) is -1.01. The number of aromatic carboxylic acids is 1. The number of ketones is 1. The Bertz CT molecular complexity index is 507. The average molecular weight is 277 g/mol. The van der Waals surface area contributed by atoms with Crippen LogP contribution in [-0.4, -0.2) is 54.6 Å². The van der Waals surface area contributed by atoms with Gasteiger partial charge in [-0.05, 0) is 18.6 Å². The van der Waals surface area contributed by atoms with Gasteiger partial charge in [-0.2, -0.15) is 0 Å². The second kappa shape index (κ2) is 6.63. The number of rotatable bonds is 5. The molecule has 0 unspecified atom stereocenters. The van der Waals surface area contributed by atoms with Gasteiger partial charge in [0.15, 0.2) is 5.78 Å². The van der Waals surface area contributed by atoms with Crippen LogP contribution in [-0.2, 0) is 4.74 Å². The number of carboxylic acids is 1. The van der Waals surface area contributed by atoms with Gasteiger partial charge in [0, 0.05) is 31.6 Å². The van der Waals surface area contributed by atoms with Gasteiger partial charge in [-0.15, -0.1) is 0 Å². The van der Waals surface area contributed by atoms with Gasteiger partial charge >= 0.3 is 5.97 Å². The van der Waals surface area contributed by atoms with Crippen LogP contribution in [0.15, 0.2) is 18.2 Å². The van der Waals surface area contributed by atoms with Crippen LogP contribution in [0.5, 0.6) is 0 Å². The Balaban J connectivity index is 1.98. The first-order valence-corrected chi connectivity index (χ1v) is 6.75. The predicted molar refractivity (Wildman–Crippen MR) is 74.3 cm³/mol. The summed E-state index contributed by atoms with van der Waals surface area (Å²) in [7, 11) is 0. The summed E-state index contributed by atoms with van der Waals surface area (Å²) in [4.78, 5) is 25.4. The van der Waals surface area contributed by atoms with Crippen molar-refractivity contribution >= 4 is 11.8 Å². The minimum absolute atomic E-state index is 0.0148. The number of ether oxygens (including phenoxy) is 1. The minimum Gasteiger partial charge on any atom is -0.478 e. The molecular formula is C15H19NO4. The molecule has 1 aromatic rings. The van der Waals surface area contributed by atoms with Crippen LogP contribution in [0.2, 0.25) is 0 Å². The molecule has 0 amide bonds. The molecule has 0 atom stereocenters. The highest BCUT2D eigenvalue weighted by molar-refractivity contribution is 5.99. The maximum Gasteiger partial charge on any atom is 0.335 e. The monoisotopic (exact) mass is 277 g/mol. The van der Waals surface area contributed by atoms with E-state index in [-0.39, 0.29) is 11.3 Å². The van der Waals surface area contributed by atoms with Crippen LogP contribution in [0.1, 0.15) is 32.7 Å². The Kier molecular flexibility index (Phi) is 4.87. The van der Waals surface area contributed by atoms with Crippen LogP contribution < -0.4 is 0 Å². The third-order valence-electron chi connectivity index (χ3n) is 3.55. The van der Waals surface area contributed by atoms with E-state index in [1.165, 1.54) is 6.07 Å². The lowest BCUT2D eigenvalue weighted by atomic mass is 10.0. The van der Waals surface area contributed by atoms with E-state index in [4.69, 9.17) is 9.84 Å². The number of morpholine rings is 1. The fraction of sp³-hybridized carbons (Fsp3) is 0.467. The molecule has 0 spiro atoms. The molecule has 1 aliphatic rings. The lowest BCUT2D eigenvalue weighted by Crippen LogP contribution is -2.37. The molecule has 5 heteroatoms. The van der Waals surface area contributed by atoms with Crippen molar-refractivity contribution < 1.29 is 19.4 Å². The number of Topliss-reactive ketones (excluding diaryl/α,β-unsaturated/α-hetero) is 1. The third kappa shape index (κ3) is 3.65. The Morgan fingerprint density at radius 1 is 1.30 bits per heavy atom. The molecule has 0 bridgehead atoms. The zero-order valence-corrected chi connectivity index (χ0v) is 11.6. The molecule has 1 fully saturated rings. The topological polar surface area (TPSA) is 66.8 Å². The summed E-state index contributed by atoms with van der Waals surface area (Å²) in [6, 6.07) is 4.86. The summed E-state index contributed by atoms with van der Waals surface area (Å²) in [6.45, 7) is 5.54. The second-order valence-electron chi connectivity index (χ2n) is 4.96. The van der Waals surface area contributed by atoms with Crippen LogP contribution in [0.25, 0.3) is 0 Å². The summed E-state index contributed by atoms with van der Waals surface area (Å²) < 4.78 is 5.25. The predicted octanol–water partition coefficient (Wildman–Crippen LogP) is 1.60. The second-order valence-corrected chi connectivity index (χ2v) is 4.96. The number of carboxylic acid groups (broad SMARTS) is 1. The van der Waals surface area contributed by atoms with E-state index in [9.17, 15) is 9.59 Å². The molecule has 1 N–H and O–H groups in total. The fourth-order valence-corrected chi connectivity index (χ4v) is 2.25. The van der Waals surface area contributed by atoms with Crippen molar-refractivity contribution in [3.05, 3.63) is 34.9 Å². The molecular weight excluding hydrogens is 258 g/mol. The van der Waals surface area contributed by atoms with E-state index in [1.54, 1.807) is 19.1 Å². The first-order chi connectivity index (χ1) is 9.58. The van der Waals surface area contributed by atoms with Crippen LogP contribution in [0.4, 0.5) is 0 Å². The van der Waals surface area contributed by atoms with E-state index < -0.39 is 5.97 Å². The smallest absolute Gasteiger partial charge is 0.335 e. The summed E-state index contributed by atoms with van der Waals surface area (Å²) in [6.07, 6.45) is 0.405. The van der Waals surface area contributed by atoms with E-state index in [0.29, 0.717) is 37.3 Å². The lowest BCUT2D eigenvalue weighted by molar-refractivity contribution is 0.0370. The molecule has 5 nitrogen and oxygen atoms in total. The first-order valence-electron chi connectivity index (χ1n) is 6.75. The van der Waals surface area contributed by atoms with Crippen molar-refractivity contribution in [1.82, 2.24) is 4.90 Å². The Labute approximate surface area is 118 Å². The highest BCUT2D eigenvalue weighted by Gasteiger charge is 2.15. The molecule has 0 saturated carbocycles. The van der Waals surface area contributed by atoms with E-state index >= 15 is 0 Å². The van der Waals surface area contributed by atoms with Crippen molar-refractivity contribution in [2.24, 2.45) is 0 Å². The van der Waals surface area contributed by atoms with E-state index in [0.717, 1.165) is 13.1 Å². The van der Waals surface area contributed by atoms with Crippen molar-refractivity contribution in [2.75, 3.05) is 32.8 Å². The van der Waals surface area contributed by atoms with Crippen LogP contribution in [0, 0.1) is 6.92 Å². The summed E-state index contributed by atoms with van der Waals surface area (Å²) in [5, 5.41) is 9.07. The highest BCUT2D eigenvalue weighted by atomic mass is 16.5. The number of nitrogens with zero attached hydrogens (tertiary/aromatic N) is 1. The lowest BCUT2D eigenvalue weighted by Gasteiger charge is -2.26. The van der Waals surface area contributed by atoms with Crippen molar-refractivity contribution in [3.8, 4) is 0 Å². The third-order valence-corrected chi connectivity index (χ3v) is 3.55. The fourth-order valence-electron chi connectivity index (χ4n) is 2.25. The normalized spacial score (nSPS) is 16.1. The van der Waals surface area contributed by atoms with E-state index in [2.05, 4.69) is 4.90 Å². The van der Waals surface area contributed by atoms with Gasteiger partial charge in [-0.25, -0.2) is 4.79 Å². The highest BCUT2D eigenvalue weighted by Crippen LogP contribution is 2.13. The summed E-state index contributed by atoms with van der Waals surface area (Å²) in [5.41, 5.74) is 1.34.